The Morgan fingerprint density at radius 3 is 2.57 bits per heavy atom. The quantitative estimate of drug-likeness (QED) is 0.663. The summed E-state index contributed by atoms with van der Waals surface area (Å²) in [5.41, 5.74) is -0.717. The highest BCUT2D eigenvalue weighted by atomic mass is 32.2. The molecule has 1 heterocycles. The molecule has 21 heavy (non-hydrogen) atoms. The maximum absolute atomic E-state index is 13.6. The fraction of sp³-hybridized carbons (Fsp3) is 0.417. The topological polar surface area (TPSA) is 92.6 Å². The highest BCUT2D eigenvalue weighted by Gasteiger charge is 2.28. The lowest BCUT2D eigenvalue weighted by Crippen LogP contribution is -2.42. The first-order valence-electron chi connectivity index (χ1n) is 6.24. The molecule has 1 saturated heterocycles. The van der Waals surface area contributed by atoms with Crippen LogP contribution < -0.4 is 5.32 Å². The number of nitrogens with zero attached hydrogens (tertiary/aromatic N) is 2. The molecule has 7 nitrogen and oxygen atoms in total. The summed E-state index contributed by atoms with van der Waals surface area (Å²) in [6.45, 7) is 0.545. The Hall–Kier alpha value is -2.03. The fourth-order valence-corrected chi connectivity index (χ4v) is 3.14. The van der Waals surface area contributed by atoms with E-state index in [1.54, 1.807) is 0 Å². The van der Waals surface area contributed by atoms with Gasteiger partial charge in [0.15, 0.2) is 5.82 Å². The number of nitro benzene ring substituents is 1. The minimum atomic E-state index is -0.958. The second kappa shape index (κ2) is 6.17. The van der Waals surface area contributed by atoms with Crippen LogP contribution in [0.2, 0.25) is 0 Å². The second-order valence-electron chi connectivity index (χ2n) is 4.50. The predicted octanol–water partition coefficient (Wildman–Crippen LogP) is 0.980. The van der Waals surface area contributed by atoms with Gasteiger partial charge in [-0.05, 0) is 6.07 Å². The molecule has 0 spiro atoms. The zero-order valence-corrected chi connectivity index (χ0v) is 12.1. The number of hydrogen-bond acceptors (Lipinski definition) is 5. The maximum atomic E-state index is 13.6. The van der Waals surface area contributed by atoms with E-state index in [1.165, 1.54) is 11.9 Å². The Kier molecular flexibility index (Phi) is 4.51. The molecule has 0 bridgehead atoms. The molecule has 0 aliphatic carbocycles. The van der Waals surface area contributed by atoms with Crippen LogP contribution in [-0.2, 0) is 10.8 Å². The van der Waals surface area contributed by atoms with Gasteiger partial charge in [-0.15, -0.1) is 0 Å². The summed E-state index contributed by atoms with van der Waals surface area (Å²) in [4.78, 5) is 24.0. The van der Waals surface area contributed by atoms with Crippen LogP contribution in [0.15, 0.2) is 12.1 Å². The number of benzene rings is 1. The lowest BCUT2D eigenvalue weighted by molar-refractivity contribution is -0.385. The molecule has 1 aliphatic rings. The molecule has 2 rings (SSSR count). The van der Waals surface area contributed by atoms with Crippen molar-refractivity contribution in [3.05, 3.63) is 33.6 Å². The average molecular weight is 315 g/mol. The number of nitrogens with one attached hydrogen (secondary N) is 1. The normalized spacial score (nSPS) is 15.8. The largest absolute Gasteiger partial charge is 0.386 e. The number of halogens is 1. The number of anilines is 1. The van der Waals surface area contributed by atoms with Gasteiger partial charge in [-0.3, -0.25) is 19.1 Å². The highest BCUT2D eigenvalue weighted by Crippen LogP contribution is 2.27. The molecule has 1 N–H and O–H groups in total. The van der Waals surface area contributed by atoms with E-state index >= 15 is 0 Å². The first-order chi connectivity index (χ1) is 9.93. The van der Waals surface area contributed by atoms with Crippen LogP contribution in [0.25, 0.3) is 0 Å². The SMILES string of the molecule is CNc1cc(C(=O)N2CCS(=O)CC2)c([N+](=O)[O-])cc1F. The minimum Gasteiger partial charge on any atom is -0.386 e. The van der Waals surface area contributed by atoms with E-state index in [1.807, 2.05) is 0 Å². The third-order valence-electron chi connectivity index (χ3n) is 3.25. The molecular formula is C12H14FN3O4S. The van der Waals surface area contributed by atoms with Gasteiger partial charge in [0.2, 0.25) is 0 Å². The van der Waals surface area contributed by atoms with Crippen LogP contribution in [0.5, 0.6) is 0 Å². The zero-order chi connectivity index (χ0) is 15.6. The molecule has 0 saturated carbocycles. The first kappa shape index (κ1) is 15.4. The summed E-state index contributed by atoms with van der Waals surface area (Å²) in [6.07, 6.45) is 0. The van der Waals surface area contributed by atoms with Crippen LogP contribution >= 0.6 is 0 Å². The molecule has 0 radical (unpaired) electrons. The summed E-state index contributed by atoms with van der Waals surface area (Å²) in [6, 6.07) is 1.88. The van der Waals surface area contributed by atoms with Gasteiger partial charge in [-0.25, -0.2) is 4.39 Å². The standard InChI is InChI=1S/C12H14FN3O4S/c1-14-10-6-8(11(16(18)19)7-9(10)13)12(17)15-2-4-21(20)5-3-15/h6-7,14H,2-5H2,1H3. The summed E-state index contributed by atoms with van der Waals surface area (Å²) < 4.78 is 24.9. The molecule has 0 atom stereocenters. The number of carbonyl (C=O) groups is 1. The van der Waals surface area contributed by atoms with E-state index in [0.29, 0.717) is 11.5 Å². The average Bonchev–Trinajstić information content (AvgIpc) is 2.47. The van der Waals surface area contributed by atoms with E-state index in [-0.39, 0.29) is 24.3 Å². The number of hydrogen-bond donors (Lipinski definition) is 1. The van der Waals surface area contributed by atoms with E-state index < -0.39 is 33.1 Å². The van der Waals surface area contributed by atoms with Crippen molar-refractivity contribution in [1.82, 2.24) is 4.90 Å². The van der Waals surface area contributed by atoms with Crippen LogP contribution in [0, 0.1) is 15.9 Å². The van der Waals surface area contributed by atoms with Crippen molar-refractivity contribution in [2.24, 2.45) is 0 Å². The van der Waals surface area contributed by atoms with E-state index in [4.69, 9.17) is 0 Å². The van der Waals surface area contributed by atoms with Crippen molar-refractivity contribution < 1.29 is 18.3 Å². The van der Waals surface area contributed by atoms with E-state index in [0.717, 1.165) is 12.1 Å². The lowest BCUT2D eigenvalue weighted by Gasteiger charge is -2.26. The number of amides is 1. The number of nitro groups is 1. The van der Waals surface area contributed by atoms with Crippen molar-refractivity contribution in [3.63, 3.8) is 0 Å². The molecule has 0 unspecified atom stereocenters. The van der Waals surface area contributed by atoms with Gasteiger partial charge in [0, 0.05) is 42.4 Å². The molecular weight excluding hydrogens is 301 g/mol. The Balaban J connectivity index is 2.39. The molecule has 0 aromatic heterocycles. The molecule has 1 amide bonds. The van der Waals surface area contributed by atoms with Gasteiger partial charge < -0.3 is 10.2 Å². The molecule has 9 heteroatoms. The van der Waals surface area contributed by atoms with Gasteiger partial charge in [0.1, 0.15) is 5.56 Å². The third kappa shape index (κ3) is 3.18. The monoisotopic (exact) mass is 315 g/mol. The fourth-order valence-electron chi connectivity index (χ4n) is 2.09. The molecule has 1 aromatic carbocycles. The first-order valence-corrected chi connectivity index (χ1v) is 7.72. The summed E-state index contributed by atoms with van der Waals surface area (Å²) in [7, 11) is 0.503. The Morgan fingerprint density at radius 1 is 1.43 bits per heavy atom. The van der Waals surface area contributed by atoms with E-state index in [9.17, 15) is 23.5 Å². The van der Waals surface area contributed by atoms with Gasteiger partial charge in [0.05, 0.1) is 16.7 Å². The van der Waals surface area contributed by atoms with Crippen molar-refractivity contribution in [1.29, 1.82) is 0 Å². The molecule has 1 fully saturated rings. The Labute approximate surface area is 122 Å². The van der Waals surface area contributed by atoms with Crippen LogP contribution in [0.4, 0.5) is 15.8 Å². The summed E-state index contributed by atoms with van der Waals surface area (Å²) >= 11 is 0. The minimum absolute atomic E-state index is 0.0181. The summed E-state index contributed by atoms with van der Waals surface area (Å²) in [5.74, 6) is -0.644. The van der Waals surface area contributed by atoms with Gasteiger partial charge >= 0.3 is 0 Å². The third-order valence-corrected chi connectivity index (χ3v) is 4.52. The van der Waals surface area contributed by atoms with Crippen LogP contribution in [0.1, 0.15) is 10.4 Å². The van der Waals surface area contributed by atoms with Crippen molar-refractivity contribution in [3.8, 4) is 0 Å². The number of rotatable bonds is 3. The van der Waals surface area contributed by atoms with Gasteiger partial charge in [-0.2, -0.15) is 0 Å². The van der Waals surface area contributed by atoms with Crippen LogP contribution in [-0.4, -0.2) is 51.6 Å². The van der Waals surface area contributed by atoms with Crippen molar-refractivity contribution in [2.45, 2.75) is 0 Å². The highest BCUT2D eigenvalue weighted by molar-refractivity contribution is 7.85. The van der Waals surface area contributed by atoms with Gasteiger partial charge in [0.25, 0.3) is 11.6 Å². The predicted molar refractivity (Wildman–Crippen MR) is 76.4 cm³/mol. The van der Waals surface area contributed by atoms with Crippen molar-refractivity contribution >= 4 is 28.1 Å². The Bertz CT molecular complexity index is 613. The number of carbonyl (C=O) groups excluding carboxylic acids is 1. The Morgan fingerprint density at radius 2 is 2.05 bits per heavy atom. The van der Waals surface area contributed by atoms with Gasteiger partial charge in [-0.1, -0.05) is 0 Å². The van der Waals surface area contributed by atoms with Crippen LogP contribution in [0.3, 0.4) is 0 Å². The van der Waals surface area contributed by atoms with E-state index in [2.05, 4.69) is 5.32 Å². The molecule has 114 valence electrons. The second-order valence-corrected chi connectivity index (χ2v) is 6.19. The smallest absolute Gasteiger partial charge is 0.285 e. The lowest BCUT2D eigenvalue weighted by atomic mass is 10.1. The zero-order valence-electron chi connectivity index (χ0n) is 11.3. The van der Waals surface area contributed by atoms with Crippen molar-refractivity contribution in [2.75, 3.05) is 37.0 Å². The molecule has 1 aromatic rings. The summed E-state index contributed by atoms with van der Waals surface area (Å²) in [5, 5.41) is 13.6. The maximum Gasteiger partial charge on any atom is 0.285 e. The molecule has 1 aliphatic heterocycles.